The zero-order valence-electron chi connectivity index (χ0n) is 9.27. The van der Waals surface area contributed by atoms with Crippen molar-refractivity contribution in [2.24, 2.45) is 0 Å². The van der Waals surface area contributed by atoms with Gasteiger partial charge < -0.3 is 10.1 Å². The summed E-state index contributed by atoms with van der Waals surface area (Å²) < 4.78 is 6.10. The minimum Gasteiger partial charge on any atom is -0.383 e. The molecule has 0 bridgehead atoms. The second kappa shape index (κ2) is 5.96. The van der Waals surface area contributed by atoms with E-state index in [2.05, 4.69) is 15.6 Å². The number of ketones is 1. The lowest BCUT2D eigenvalue weighted by molar-refractivity contribution is -0.122. The average Bonchev–Trinajstić information content (AvgIpc) is 2.66. The first kappa shape index (κ1) is 12.3. The summed E-state index contributed by atoms with van der Waals surface area (Å²) in [7, 11) is 1.56. The molecule has 0 fully saturated rings. The third kappa shape index (κ3) is 3.77. The van der Waals surface area contributed by atoms with Crippen LogP contribution >= 0.6 is 0 Å². The van der Waals surface area contributed by atoms with Crippen molar-refractivity contribution >= 4 is 11.7 Å². The minimum atomic E-state index is -0.197. The van der Waals surface area contributed by atoms with Crippen LogP contribution in [0.3, 0.4) is 0 Å². The molecule has 0 radical (unpaired) electrons. The van der Waals surface area contributed by atoms with E-state index >= 15 is 0 Å². The second-order valence-electron chi connectivity index (χ2n) is 3.20. The molecule has 1 amide bonds. The molecule has 1 heterocycles. The number of amides is 1. The SMILES string of the molecule is COCCNC(=O)Cn1cc(C(C)=O)nn1. The zero-order valence-corrected chi connectivity index (χ0v) is 9.27. The quantitative estimate of drug-likeness (QED) is 0.509. The standard InChI is InChI=1S/C9H14N4O3/c1-7(14)8-5-13(12-11-8)6-9(15)10-3-4-16-2/h5H,3-4,6H2,1-2H3,(H,10,15). The summed E-state index contributed by atoms with van der Waals surface area (Å²) >= 11 is 0. The highest BCUT2D eigenvalue weighted by Crippen LogP contribution is 1.93. The van der Waals surface area contributed by atoms with E-state index in [-0.39, 0.29) is 23.9 Å². The van der Waals surface area contributed by atoms with E-state index in [0.717, 1.165) is 0 Å². The van der Waals surface area contributed by atoms with E-state index in [1.54, 1.807) is 7.11 Å². The molecule has 1 rings (SSSR count). The van der Waals surface area contributed by atoms with Crippen LogP contribution in [0.5, 0.6) is 0 Å². The number of aromatic nitrogens is 3. The summed E-state index contributed by atoms with van der Waals surface area (Å²) in [6.45, 7) is 2.35. The molecule has 0 aromatic carbocycles. The Balaban J connectivity index is 2.40. The maximum Gasteiger partial charge on any atom is 0.241 e. The third-order valence-electron chi connectivity index (χ3n) is 1.83. The number of ether oxygens (including phenoxy) is 1. The van der Waals surface area contributed by atoms with Gasteiger partial charge in [0, 0.05) is 20.6 Å². The van der Waals surface area contributed by atoms with Crippen molar-refractivity contribution in [3.05, 3.63) is 11.9 Å². The van der Waals surface area contributed by atoms with Gasteiger partial charge in [-0.3, -0.25) is 9.59 Å². The highest BCUT2D eigenvalue weighted by Gasteiger charge is 2.07. The summed E-state index contributed by atoms with van der Waals surface area (Å²) in [5, 5.41) is 9.92. The van der Waals surface area contributed by atoms with Crippen LogP contribution in [0.1, 0.15) is 17.4 Å². The van der Waals surface area contributed by atoms with Crippen LogP contribution in [0.2, 0.25) is 0 Å². The zero-order chi connectivity index (χ0) is 12.0. The Morgan fingerprint density at radius 3 is 2.88 bits per heavy atom. The summed E-state index contributed by atoms with van der Waals surface area (Å²) in [4.78, 5) is 22.2. The van der Waals surface area contributed by atoms with Crippen molar-refractivity contribution in [2.45, 2.75) is 13.5 Å². The molecule has 0 atom stereocenters. The van der Waals surface area contributed by atoms with E-state index in [1.807, 2.05) is 0 Å². The lowest BCUT2D eigenvalue weighted by Crippen LogP contribution is -2.30. The number of hydrogen-bond donors (Lipinski definition) is 1. The molecule has 88 valence electrons. The van der Waals surface area contributed by atoms with Gasteiger partial charge in [-0.15, -0.1) is 5.10 Å². The van der Waals surface area contributed by atoms with Gasteiger partial charge in [0.05, 0.1) is 12.8 Å². The molecule has 0 saturated carbocycles. The van der Waals surface area contributed by atoms with Crippen LogP contribution in [0.15, 0.2) is 6.20 Å². The van der Waals surface area contributed by atoms with Crippen LogP contribution in [-0.4, -0.2) is 46.9 Å². The van der Waals surface area contributed by atoms with Crippen molar-refractivity contribution in [3.63, 3.8) is 0 Å². The molecule has 0 aliphatic heterocycles. The Hall–Kier alpha value is -1.76. The number of nitrogens with zero attached hydrogens (tertiary/aromatic N) is 3. The monoisotopic (exact) mass is 226 g/mol. The molecule has 1 aromatic heterocycles. The molecular weight excluding hydrogens is 212 g/mol. The van der Waals surface area contributed by atoms with Gasteiger partial charge in [0.15, 0.2) is 5.78 Å². The van der Waals surface area contributed by atoms with E-state index in [4.69, 9.17) is 4.74 Å². The molecule has 0 unspecified atom stereocenters. The van der Waals surface area contributed by atoms with Gasteiger partial charge in [-0.1, -0.05) is 5.21 Å². The van der Waals surface area contributed by atoms with Crippen LogP contribution in [0.25, 0.3) is 0 Å². The van der Waals surface area contributed by atoms with Crippen LogP contribution in [0.4, 0.5) is 0 Å². The molecule has 0 spiro atoms. The molecule has 7 heteroatoms. The van der Waals surface area contributed by atoms with Gasteiger partial charge in [-0.25, -0.2) is 4.68 Å². The first-order valence-electron chi connectivity index (χ1n) is 4.80. The number of nitrogens with one attached hydrogen (secondary N) is 1. The number of carbonyl (C=O) groups is 2. The highest BCUT2D eigenvalue weighted by atomic mass is 16.5. The maximum absolute atomic E-state index is 11.3. The predicted octanol–water partition coefficient (Wildman–Crippen LogP) is -0.757. The minimum absolute atomic E-state index is 0.0456. The maximum atomic E-state index is 11.3. The smallest absolute Gasteiger partial charge is 0.241 e. The molecule has 7 nitrogen and oxygen atoms in total. The van der Waals surface area contributed by atoms with Gasteiger partial charge in [0.2, 0.25) is 5.91 Å². The van der Waals surface area contributed by atoms with Crippen LogP contribution < -0.4 is 5.32 Å². The Kier molecular flexibility index (Phi) is 4.59. The van der Waals surface area contributed by atoms with Crippen LogP contribution in [-0.2, 0) is 16.1 Å². The Bertz CT molecular complexity index is 375. The molecule has 1 N–H and O–H groups in total. The second-order valence-corrected chi connectivity index (χ2v) is 3.20. The molecular formula is C9H14N4O3. The number of methoxy groups -OCH3 is 1. The van der Waals surface area contributed by atoms with Gasteiger partial charge in [0.1, 0.15) is 12.2 Å². The number of rotatable bonds is 6. The van der Waals surface area contributed by atoms with Crippen molar-refractivity contribution in [1.29, 1.82) is 0 Å². The van der Waals surface area contributed by atoms with E-state index < -0.39 is 0 Å². The molecule has 0 aliphatic rings. The molecule has 0 aliphatic carbocycles. The topological polar surface area (TPSA) is 86.1 Å². The fraction of sp³-hybridized carbons (Fsp3) is 0.556. The molecule has 16 heavy (non-hydrogen) atoms. The van der Waals surface area contributed by atoms with Crippen molar-refractivity contribution in [3.8, 4) is 0 Å². The predicted molar refractivity (Wildman–Crippen MR) is 54.9 cm³/mol. The Morgan fingerprint density at radius 1 is 1.56 bits per heavy atom. The van der Waals surface area contributed by atoms with Gasteiger partial charge in [0.25, 0.3) is 0 Å². The normalized spacial score (nSPS) is 10.1. The van der Waals surface area contributed by atoms with Gasteiger partial charge in [-0.05, 0) is 0 Å². The third-order valence-corrected chi connectivity index (χ3v) is 1.83. The van der Waals surface area contributed by atoms with E-state index in [9.17, 15) is 9.59 Å². The number of carbonyl (C=O) groups excluding carboxylic acids is 2. The van der Waals surface area contributed by atoms with Crippen molar-refractivity contribution in [1.82, 2.24) is 20.3 Å². The lowest BCUT2D eigenvalue weighted by Gasteiger charge is -2.03. The van der Waals surface area contributed by atoms with Crippen molar-refractivity contribution < 1.29 is 14.3 Å². The average molecular weight is 226 g/mol. The van der Waals surface area contributed by atoms with Crippen LogP contribution in [0, 0.1) is 0 Å². The highest BCUT2D eigenvalue weighted by molar-refractivity contribution is 5.91. The first-order chi connectivity index (χ1) is 7.63. The van der Waals surface area contributed by atoms with E-state index in [0.29, 0.717) is 13.2 Å². The molecule has 0 saturated heterocycles. The number of hydrogen-bond acceptors (Lipinski definition) is 5. The fourth-order valence-corrected chi connectivity index (χ4v) is 1.03. The summed E-state index contributed by atoms with van der Waals surface area (Å²) in [6, 6.07) is 0. The lowest BCUT2D eigenvalue weighted by atomic mass is 10.3. The Morgan fingerprint density at radius 2 is 2.31 bits per heavy atom. The summed E-state index contributed by atoms with van der Waals surface area (Å²) in [6.07, 6.45) is 1.44. The summed E-state index contributed by atoms with van der Waals surface area (Å²) in [5.41, 5.74) is 0.254. The van der Waals surface area contributed by atoms with Crippen molar-refractivity contribution in [2.75, 3.05) is 20.3 Å². The fourth-order valence-electron chi connectivity index (χ4n) is 1.03. The largest absolute Gasteiger partial charge is 0.383 e. The first-order valence-corrected chi connectivity index (χ1v) is 4.80. The summed E-state index contributed by atoms with van der Waals surface area (Å²) in [5.74, 6) is -0.372. The van der Waals surface area contributed by atoms with Gasteiger partial charge >= 0.3 is 0 Å². The van der Waals surface area contributed by atoms with E-state index in [1.165, 1.54) is 17.8 Å². The number of Topliss-reactive ketones (excluding diaryl/α,β-unsaturated/α-hetero) is 1. The van der Waals surface area contributed by atoms with Gasteiger partial charge in [-0.2, -0.15) is 0 Å². The molecule has 1 aromatic rings. The Labute approximate surface area is 92.8 Å².